The van der Waals surface area contributed by atoms with E-state index in [0.29, 0.717) is 6.61 Å². The summed E-state index contributed by atoms with van der Waals surface area (Å²) in [5.41, 5.74) is 0.959. The second-order valence-electron chi connectivity index (χ2n) is 7.19. The summed E-state index contributed by atoms with van der Waals surface area (Å²) in [5.74, 6) is 2.80. The third-order valence-corrected chi connectivity index (χ3v) is 5.65. The van der Waals surface area contributed by atoms with Gasteiger partial charge in [-0.1, -0.05) is 25.7 Å². The summed E-state index contributed by atoms with van der Waals surface area (Å²) in [6.45, 7) is 0.649. The first kappa shape index (κ1) is 16.5. The molecule has 1 N–H and O–H groups in total. The zero-order valence-corrected chi connectivity index (χ0v) is 14.4. The Morgan fingerprint density at radius 1 is 1.30 bits per heavy atom. The number of hydrogen-bond donors (Lipinski definition) is 1. The highest BCUT2D eigenvalue weighted by Gasteiger charge is 2.35. The number of amides is 1. The number of aryl methyl sites for hydroxylation is 1. The van der Waals surface area contributed by atoms with E-state index in [9.17, 15) is 4.79 Å². The molecule has 0 aromatic carbocycles. The van der Waals surface area contributed by atoms with Crippen molar-refractivity contribution < 1.29 is 9.53 Å². The van der Waals surface area contributed by atoms with E-state index in [0.717, 1.165) is 42.6 Å². The molecule has 5 heteroatoms. The molecule has 2 saturated carbocycles. The van der Waals surface area contributed by atoms with Crippen molar-refractivity contribution in [3.05, 3.63) is 11.8 Å². The number of carbonyl (C=O) groups is 1. The first-order valence-corrected chi connectivity index (χ1v) is 9.00. The highest BCUT2D eigenvalue weighted by atomic mass is 16.5. The smallest absolute Gasteiger partial charge is 0.228 e. The first-order chi connectivity index (χ1) is 11.2. The van der Waals surface area contributed by atoms with Gasteiger partial charge < -0.3 is 10.1 Å². The third-order valence-electron chi connectivity index (χ3n) is 5.65. The lowest BCUT2D eigenvalue weighted by Crippen LogP contribution is -2.34. The van der Waals surface area contributed by atoms with Crippen molar-refractivity contribution in [1.29, 1.82) is 0 Å². The van der Waals surface area contributed by atoms with E-state index in [1.807, 2.05) is 13.1 Å². The number of methoxy groups -OCH3 is 1. The molecule has 1 aromatic rings. The van der Waals surface area contributed by atoms with E-state index in [4.69, 9.17) is 4.74 Å². The Bertz CT molecular complexity index is 540. The van der Waals surface area contributed by atoms with Gasteiger partial charge in [0.05, 0.1) is 12.3 Å². The van der Waals surface area contributed by atoms with Crippen molar-refractivity contribution >= 4 is 11.7 Å². The molecule has 2 aliphatic carbocycles. The Morgan fingerprint density at radius 2 is 2.09 bits per heavy atom. The van der Waals surface area contributed by atoms with Gasteiger partial charge in [0.15, 0.2) is 0 Å². The van der Waals surface area contributed by atoms with Gasteiger partial charge in [0, 0.05) is 32.6 Å². The fraction of sp³-hybridized carbons (Fsp3) is 0.778. The Hall–Kier alpha value is -1.36. The number of aromatic nitrogens is 2. The molecule has 1 aromatic heterocycles. The molecule has 23 heavy (non-hydrogen) atoms. The van der Waals surface area contributed by atoms with E-state index in [2.05, 4.69) is 10.4 Å². The summed E-state index contributed by atoms with van der Waals surface area (Å²) in [7, 11) is 3.57. The predicted octanol–water partition coefficient (Wildman–Crippen LogP) is 3.15. The first-order valence-electron chi connectivity index (χ1n) is 9.00. The van der Waals surface area contributed by atoms with Crippen LogP contribution in [0.15, 0.2) is 6.07 Å². The molecule has 1 heterocycles. The molecule has 0 radical (unpaired) electrons. The molecule has 3 atom stereocenters. The van der Waals surface area contributed by atoms with Gasteiger partial charge in [0.2, 0.25) is 5.91 Å². The Balaban J connectivity index is 1.57. The lowest BCUT2D eigenvalue weighted by atomic mass is 9.67. The molecule has 0 spiro atoms. The van der Waals surface area contributed by atoms with Crippen LogP contribution in [0.2, 0.25) is 0 Å². The van der Waals surface area contributed by atoms with Gasteiger partial charge in [-0.05, 0) is 31.1 Å². The normalized spacial score (nSPS) is 27.5. The Morgan fingerprint density at radius 3 is 2.87 bits per heavy atom. The van der Waals surface area contributed by atoms with E-state index in [1.54, 1.807) is 11.8 Å². The monoisotopic (exact) mass is 319 g/mol. The van der Waals surface area contributed by atoms with Crippen LogP contribution in [0.4, 0.5) is 5.82 Å². The molecular weight excluding hydrogens is 290 g/mol. The quantitative estimate of drug-likeness (QED) is 0.907. The van der Waals surface area contributed by atoms with Gasteiger partial charge in [-0.3, -0.25) is 9.48 Å². The lowest BCUT2D eigenvalue weighted by Gasteiger charge is -2.38. The fourth-order valence-electron chi connectivity index (χ4n) is 4.31. The number of nitrogens with zero attached hydrogens (tertiary/aromatic N) is 2. The molecule has 0 aliphatic heterocycles. The van der Waals surface area contributed by atoms with Crippen LogP contribution in [0, 0.1) is 17.8 Å². The molecule has 0 unspecified atom stereocenters. The van der Waals surface area contributed by atoms with Crippen LogP contribution >= 0.6 is 0 Å². The van der Waals surface area contributed by atoms with Crippen molar-refractivity contribution in [2.24, 2.45) is 24.8 Å². The standard InChI is InChI=1S/C18H29N3O2/c1-21-17(12-16(20-21)9-10-23-2)19-18(22)15-8-7-13-5-3-4-6-14(13)11-15/h12-15H,3-11H2,1-2H3,(H,19,22)/t13-,14+,15+/m0/s1. The van der Waals surface area contributed by atoms with Gasteiger partial charge in [-0.15, -0.1) is 0 Å². The molecule has 3 rings (SSSR count). The average Bonchev–Trinajstić information content (AvgIpc) is 2.92. The van der Waals surface area contributed by atoms with Crippen molar-refractivity contribution in [2.75, 3.05) is 19.0 Å². The molecule has 0 bridgehead atoms. The van der Waals surface area contributed by atoms with Crippen LogP contribution in [-0.4, -0.2) is 29.4 Å². The highest BCUT2D eigenvalue weighted by molar-refractivity contribution is 5.91. The highest BCUT2D eigenvalue weighted by Crippen LogP contribution is 2.42. The van der Waals surface area contributed by atoms with Crippen LogP contribution in [0.5, 0.6) is 0 Å². The van der Waals surface area contributed by atoms with Gasteiger partial charge in [0.25, 0.3) is 0 Å². The summed E-state index contributed by atoms with van der Waals surface area (Å²) in [5, 5.41) is 7.53. The third kappa shape index (κ3) is 3.94. The minimum Gasteiger partial charge on any atom is -0.384 e. The summed E-state index contributed by atoms with van der Waals surface area (Å²) >= 11 is 0. The number of nitrogens with one attached hydrogen (secondary N) is 1. The molecule has 2 aliphatic rings. The Kier molecular flexibility index (Phi) is 5.36. The van der Waals surface area contributed by atoms with Crippen LogP contribution in [0.25, 0.3) is 0 Å². The van der Waals surface area contributed by atoms with Gasteiger partial charge in [-0.25, -0.2) is 0 Å². The molecule has 1 amide bonds. The Labute approximate surface area is 138 Å². The van der Waals surface area contributed by atoms with Crippen molar-refractivity contribution in [2.45, 2.75) is 51.4 Å². The molecule has 128 valence electrons. The molecule has 2 fully saturated rings. The lowest BCUT2D eigenvalue weighted by molar-refractivity contribution is -0.122. The largest absolute Gasteiger partial charge is 0.384 e. The zero-order chi connectivity index (χ0) is 16.2. The van der Waals surface area contributed by atoms with Crippen molar-refractivity contribution in [1.82, 2.24) is 9.78 Å². The summed E-state index contributed by atoms with van der Waals surface area (Å²) in [6, 6.07) is 1.96. The number of anilines is 1. The maximum atomic E-state index is 12.6. The zero-order valence-electron chi connectivity index (χ0n) is 14.4. The van der Waals surface area contributed by atoms with Crippen molar-refractivity contribution in [3.63, 3.8) is 0 Å². The number of carbonyl (C=O) groups excluding carboxylic acids is 1. The van der Waals surface area contributed by atoms with Crippen LogP contribution in [0.3, 0.4) is 0 Å². The fourth-order valence-corrected chi connectivity index (χ4v) is 4.31. The number of rotatable bonds is 5. The van der Waals surface area contributed by atoms with Crippen molar-refractivity contribution in [3.8, 4) is 0 Å². The van der Waals surface area contributed by atoms with Gasteiger partial charge in [0.1, 0.15) is 5.82 Å². The SMILES string of the molecule is COCCc1cc(NC(=O)[C@@H]2CC[C@@H]3CCCC[C@@H]3C2)n(C)n1. The second-order valence-corrected chi connectivity index (χ2v) is 7.19. The van der Waals surface area contributed by atoms with Gasteiger partial charge in [-0.2, -0.15) is 5.10 Å². The molecule has 0 saturated heterocycles. The number of fused-ring (bicyclic) bond motifs is 1. The maximum absolute atomic E-state index is 12.6. The topological polar surface area (TPSA) is 56.1 Å². The minimum atomic E-state index is 0.173. The second kappa shape index (κ2) is 7.47. The maximum Gasteiger partial charge on any atom is 0.228 e. The summed E-state index contributed by atoms with van der Waals surface area (Å²) in [6.07, 6.45) is 9.55. The summed E-state index contributed by atoms with van der Waals surface area (Å²) in [4.78, 5) is 12.6. The van der Waals surface area contributed by atoms with E-state index in [-0.39, 0.29) is 11.8 Å². The average molecular weight is 319 g/mol. The minimum absolute atomic E-state index is 0.173. The van der Waals surface area contributed by atoms with E-state index < -0.39 is 0 Å². The van der Waals surface area contributed by atoms with E-state index >= 15 is 0 Å². The predicted molar refractivity (Wildman–Crippen MR) is 90.2 cm³/mol. The van der Waals surface area contributed by atoms with Crippen LogP contribution < -0.4 is 5.32 Å². The summed E-state index contributed by atoms with van der Waals surface area (Å²) < 4.78 is 6.84. The molecule has 5 nitrogen and oxygen atoms in total. The molecular formula is C18H29N3O2. The van der Waals surface area contributed by atoms with Crippen LogP contribution in [0.1, 0.15) is 50.6 Å². The van der Waals surface area contributed by atoms with Crippen LogP contribution in [-0.2, 0) is 23.0 Å². The number of hydrogen-bond acceptors (Lipinski definition) is 3. The van der Waals surface area contributed by atoms with E-state index in [1.165, 1.54) is 32.1 Å². The van der Waals surface area contributed by atoms with Gasteiger partial charge >= 0.3 is 0 Å². The number of ether oxygens (including phenoxy) is 1.